The highest BCUT2D eigenvalue weighted by Crippen LogP contribution is 2.10. The molecule has 0 atom stereocenters. The fraction of sp³-hybridized carbons (Fsp3) is 1.00. The number of hydrogen-bond donors (Lipinski definition) is 0. The largest absolute Gasteiger partial charge is 0.748 e. The molecule has 4 nitrogen and oxygen atoms in total. The fourth-order valence-electron chi connectivity index (χ4n) is 2.45. The van der Waals surface area contributed by atoms with Crippen LogP contribution in [0.3, 0.4) is 0 Å². The minimum Gasteiger partial charge on any atom is -0.748 e. The van der Waals surface area contributed by atoms with Crippen LogP contribution in [0.2, 0.25) is 0 Å². The summed E-state index contributed by atoms with van der Waals surface area (Å²) in [6.07, 6.45) is 15.3. The molecule has 0 spiro atoms. The summed E-state index contributed by atoms with van der Waals surface area (Å²) < 4.78 is 36.7. The molecule has 134 valence electrons. The standard InChI is InChI=1S/C17H36O4S/c1-2-3-4-5-6-7-8-9-10-12-15-21-16-13-11-14-17-22(18,19)20/h2-17H2,1H3,(H,18,19,20)/p-1. The topological polar surface area (TPSA) is 66.4 Å². The SMILES string of the molecule is CCCCCCCCCCCCOCCCCCS(=O)(=O)[O-]. The lowest BCUT2D eigenvalue weighted by Crippen LogP contribution is -2.04. The molecule has 0 N–H and O–H groups in total. The summed E-state index contributed by atoms with van der Waals surface area (Å²) in [7, 11) is -4.03. The smallest absolute Gasteiger partial charge is 0.0945 e. The van der Waals surface area contributed by atoms with E-state index >= 15 is 0 Å². The molecule has 0 heterocycles. The first-order valence-corrected chi connectivity index (χ1v) is 10.7. The van der Waals surface area contributed by atoms with Gasteiger partial charge in [0.15, 0.2) is 0 Å². The van der Waals surface area contributed by atoms with Crippen LogP contribution in [0.5, 0.6) is 0 Å². The van der Waals surface area contributed by atoms with Crippen LogP contribution in [-0.2, 0) is 14.9 Å². The van der Waals surface area contributed by atoms with Crippen molar-refractivity contribution in [2.75, 3.05) is 19.0 Å². The van der Waals surface area contributed by atoms with E-state index in [2.05, 4.69) is 6.92 Å². The Morgan fingerprint density at radius 3 is 1.55 bits per heavy atom. The Bertz CT molecular complexity index is 315. The van der Waals surface area contributed by atoms with Gasteiger partial charge in [0.05, 0.1) is 10.1 Å². The zero-order valence-electron chi connectivity index (χ0n) is 14.4. The summed E-state index contributed by atoms with van der Waals surface area (Å²) in [5.74, 6) is -0.245. The molecule has 0 radical (unpaired) electrons. The molecule has 0 bridgehead atoms. The van der Waals surface area contributed by atoms with E-state index in [1.165, 1.54) is 57.8 Å². The lowest BCUT2D eigenvalue weighted by Gasteiger charge is -2.07. The van der Waals surface area contributed by atoms with Gasteiger partial charge in [-0.3, -0.25) is 0 Å². The van der Waals surface area contributed by atoms with Crippen molar-refractivity contribution in [1.29, 1.82) is 0 Å². The number of unbranched alkanes of at least 4 members (excludes halogenated alkanes) is 11. The van der Waals surface area contributed by atoms with Gasteiger partial charge in [-0.15, -0.1) is 0 Å². The van der Waals surface area contributed by atoms with E-state index in [9.17, 15) is 13.0 Å². The Hall–Kier alpha value is -0.130. The maximum Gasteiger partial charge on any atom is 0.0945 e. The first-order chi connectivity index (χ1) is 10.6. The molecular weight excluding hydrogens is 300 g/mol. The molecule has 5 heteroatoms. The van der Waals surface area contributed by atoms with E-state index in [-0.39, 0.29) is 5.75 Å². The second kappa shape index (κ2) is 15.8. The highest BCUT2D eigenvalue weighted by Gasteiger charge is 1.96. The van der Waals surface area contributed by atoms with Crippen molar-refractivity contribution in [2.24, 2.45) is 0 Å². The molecule has 0 fully saturated rings. The first kappa shape index (κ1) is 21.9. The average Bonchev–Trinajstić information content (AvgIpc) is 2.45. The van der Waals surface area contributed by atoms with Gasteiger partial charge in [-0.2, -0.15) is 0 Å². The van der Waals surface area contributed by atoms with E-state index in [0.717, 1.165) is 25.9 Å². The molecule has 0 rings (SSSR count). The lowest BCUT2D eigenvalue weighted by atomic mass is 10.1. The lowest BCUT2D eigenvalue weighted by molar-refractivity contribution is 0.126. The fourth-order valence-corrected chi connectivity index (χ4v) is 3.01. The number of rotatable bonds is 17. The minimum absolute atomic E-state index is 0.245. The van der Waals surface area contributed by atoms with Crippen LogP contribution < -0.4 is 0 Å². The van der Waals surface area contributed by atoms with Crippen LogP contribution in [0.4, 0.5) is 0 Å². The zero-order chi connectivity index (χ0) is 16.5. The molecule has 0 saturated heterocycles. The van der Waals surface area contributed by atoms with Crippen LogP contribution in [0.25, 0.3) is 0 Å². The summed E-state index contributed by atoms with van der Waals surface area (Å²) in [5.41, 5.74) is 0. The van der Waals surface area contributed by atoms with Crippen molar-refractivity contribution in [2.45, 2.75) is 90.4 Å². The van der Waals surface area contributed by atoms with Gasteiger partial charge >= 0.3 is 0 Å². The quantitative estimate of drug-likeness (QED) is 0.287. The Kier molecular flexibility index (Phi) is 15.7. The van der Waals surface area contributed by atoms with Gasteiger partial charge in [0, 0.05) is 19.0 Å². The van der Waals surface area contributed by atoms with Gasteiger partial charge in [0.2, 0.25) is 0 Å². The Morgan fingerprint density at radius 2 is 1.09 bits per heavy atom. The number of hydrogen-bond acceptors (Lipinski definition) is 4. The molecule has 0 aliphatic carbocycles. The van der Waals surface area contributed by atoms with Crippen molar-refractivity contribution >= 4 is 10.1 Å². The van der Waals surface area contributed by atoms with Crippen molar-refractivity contribution in [3.05, 3.63) is 0 Å². The molecule has 0 aromatic rings. The number of ether oxygens (including phenoxy) is 1. The van der Waals surface area contributed by atoms with Gasteiger partial charge in [0.25, 0.3) is 0 Å². The summed E-state index contributed by atoms with van der Waals surface area (Å²) in [6, 6.07) is 0. The van der Waals surface area contributed by atoms with E-state index in [4.69, 9.17) is 4.74 Å². The maximum absolute atomic E-state index is 10.4. The van der Waals surface area contributed by atoms with E-state index in [1.807, 2.05) is 0 Å². The van der Waals surface area contributed by atoms with Crippen LogP contribution in [-0.4, -0.2) is 31.9 Å². The highest BCUT2D eigenvalue weighted by atomic mass is 32.2. The van der Waals surface area contributed by atoms with E-state index in [0.29, 0.717) is 13.0 Å². The van der Waals surface area contributed by atoms with Crippen molar-refractivity contribution < 1.29 is 17.7 Å². The van der Waals surface area contributed by atoms with Crippen LogP contribution >= 0.6 is 0 Å². The second-order valence-corrected chi connectivity index (χ2v) is 7.64. The average molecular weight is 336 g/mol. The van der Waals surface area contributed by atoms with Crippen LogP contribution in [0, 0.1) is 0 Å². The monoisotopic (exact) mass is 335 g/mol. The Balaban J connectivity index is 3.03. The predicted octanol–water partition coefficient (Wildman–Crippen LogP) is 4.64. The predicted molar refractivity (Wildman–Crippen MR) is 91.1 cm³/mol. The minimum atomic E-state index is -4.03. The first-order valence-electron chi connectivity index (χ1n) is 9.07. The summed E-state index contributed by atoms with van der Waals surface area (Å²) >= 11 is 0. The van der Waals surface area contributed by atoms with E-state index < -0.39 is 10.1 Å². The third-order valence-corrected chi connectivity index (χ3v) is 4.61. The third-order valence-electron chi connectivity index (χ3n) is 3.83. The van der Waals surface area contributed by atoms with Gasteiger partial charge < -0.3 is 9.29 Å². The van der Waals surface area contributed by atoms with Crippen LogP contribution in [0.1, 0.15) is 90.4 Å². The molecule has 22 heavy (non-hydrogen) atoms. The molecule has 0 aromatic heterocycles. The Morgan fingerprint density at radius 1 is 0.682 bits per heavy atom. The Labute approximate surface area is 137 Å². The van der Waals surface area contributed by atoms with Gasteiger partial charge in [-0.05, 0) is 19.3 Å². The zero-order valence-corrected chi connectivity index (χ0v) is 15.2. The molecule has 0 aromatic carbocycles. The molecule has 0 aliphatic heterocycles. The second-order valence-electron chi connectivity index (χ2n) is 6.12. The summed E-state index contributed by atoms with van der Waals surface area (Å²) in [4.78, 5) is 0. The van der Waals surface area contributed by atoms with Gasteiger partial charge in [-0.25, -0.2) is 8.42 Å². The van der Waals surface area contributed by atoms with Crippen LogP contribution in [0.15, 0.2) is 0 Å². The molecule has 0 aliphatic rings. The summed E-state index contributed by atoms with van der Waals surface area (Å²) in [5, 5.41) is 0. The van der Waals surface area contributed by atoms with Crippen molar-refractivity contribution in [3.63, 3.8) is 0 Å². The van der Waals surface area contributed by atoms with Crippen molar-refractivity contribution in [1.82, 2.24) is 0 Å². The van der Waals surface area contributed by atoms with Gasteiger partial charge in [-0.1, -0.05) is 71.1 Å². The van der Waals surface area contributed by atoms with Crippen molar-refractivity contribution in [3.8, 4) is 0 Å². The maximum atomic E-state index is 10.4. The third kappa shape index (κ3) is 19.9. The van der Waals surface area contributed by atoms with E-state index in [1.54, 1.807) is 0 Å². The molecular formula is C17H35O4S-. The van der Waals surface area contributed by atoms with Gasteiger partial charge in [0.1, 0.15) is 0 Å². The highest BCUT2D eigenvalue weighted by molar-refractivity contribution is 7.85. The molecule has 0 unspecified atom stereocenters. The molecule has 0 saturated carbocycles. The normalized spacial score (nSPS) is 11.9. The summed E-state index contributed by atoms with van der Waals surface area (Å²) in [6.45, 7) is 3.73. The molecule has 0 amide bonds.